The quantitative estimate of drug-likeness (QED) is 0.490. The van der Waals surface area contributed by atoms with Gasteiger partial charge in [-0.2, -0.15) is 0 Å². The molecule has 1 heterocycles. The number of ether oxygens (including phenoxy) is 1. The number of halogens is 2. The summed E-state index contributed by atoms with van der Waals surface area (Å²) < 4.78 is 8.71. The molecule has 0 radical (unpaired) electrons. The smallest absolute Gasteiger partial charge is 0.0893 e. The summed E-state index contributed by atoms with van der Waals surface area (Å²) in [5, 5.41) is 0. The monoisotopic (exact) mass is 408 g/mol. The highest BCUT2D eigenvalue weighted by molar-refractivity contribution is 9.11. The predicted molar refractivity (Wildman–Crippen MR) is 94.4 cm³/mol. The van der Waals surface area contributed by atoms with Gasteiger partial charge in [0.05, 0.1) is 11.2 Å². The minimum absolute atomic E-state index is 0.360. The van der Waals surface area contributed by atoms with Crippen LogP contribution in [0.5, 0.6) is 0 Å². The molecule has 1 aliphatic heterocycles. The fourth-order valence-electron chi connectivity index (χ4n) is 3.31. The molecule has 21 heavy (non-hydrogen) atoms. The van der Waals surface area contributed by atoms with Gasteiger partial charge < -0.3 is 4.74 Å². The molecule has 0 saturated heterocycles. The Morgan fingerprint density at radius 3 is 1.48 bits per heavy atom. The van der Waals surface area contributed by atoms with Gasteiger partial charge in [-0.25, -0.2) is 0 Å². The highest BCUT2D eigenvalue weighted by Gasteiger charge is 2.40. The van der Waals surface area contributed by atoms with Crippen LogP contribution in [0.25, 0.3) is 11.1 Å². The molecule has 0 fully saturated rings. The molecule has 1 aliphatic rings. The summed E-state index contributed by atoms with van der Waals surface area (Å²) in [6.07, 6.45) is 0. The van der Waals surface area contributed by atoms with Crippen LogP contribution in [0.3, 0.4) is 0 Å². The van der Waals surface area contributed by atoms with Crippen LogP contribution in [0.2, 0.25) is 0 Å². The highest BCUT2D eigenvalue weighted by atomic mass is 79.9. The molecule has 0 aliphatic carbocycles. The molecule has 1 nitrogen and oxygen atoms in total. The second-order valence-corrected chi connectivity index (χ2v) is 8.16. The van der Waals surface area contributed by atoms with E-state index in [0.29, 0.717) is 0 Å². The van der Waals surface area contributed by atoms with Crippen molar-refractivity contribution >= 4 is 31.9 Å². The van der Waals surface area contributed by atoms with Gasteiger partial charge in [0, 0.05) is 20.1 Å². The van der Waals surface area contributed by atoms with Crippen molar-refractivity contribution in [2.75, 3.05) is 0 Å². The van der Waals surface area contributed by atoms with Crippen LogP contribution in [0.15, 0.2) is 45.3 Å². The molecule has 0 atom stereocenters. The number of hydrogen-bond donors (Lipinski definition) is 0. The summed E-state index contributed by atoms with van der Waals surface area (Å²) in [6.45, 7) is 8.55. The predicted octanol–water partition coefficient (Wildman–Crippen LogP) is 6.38. The second kappa shape index (κ2) is 4.94. The molecular weight excluding hydrogens is 392 g/mol. The lowest BCUT2D eigenvalue weighted by Gasteiger charge is -2.35. The molecule has 0 saturated carbocycles. The third kappa shape index (κ3) is 2.39. The number of fused-ring (bicyclic) bond motifs is 3. The minimum atomic E-state index is -0.360. The van der Waals surface area contributed by atoms with Crippen molar-refractivity contribution in [1.82, 2.24) is 0 Å². The molecule has 110 valence electrons. The molecular formula is C18H18Br2O. The Bertz CT molecular complexity index is 656. The van der Waals surface area contributed by atoms with Gasteiger partial charge in [0.2, 0.25) is 0 Å². The zero-order valence-corrected chi connectivity index (χ0v) is 15.8. The fraction of sp³-hybridized carbons (Fsp3) is 0.333. The van der Waals surface area contributed by atoms with Gasteiger partial charge >= 0.3 is 0 Å². The lowest BCUT2D eigenvalue weighted by atomic mass is 9.87. The van der Waals surface area contributed by atoms with Crippen molar-refractivity contribution < 1.29 is 4.74 Å². The van der Waals surface area contributed by atoms with Gasteiger partial charge in [0.1, 0.15) is 0 Å². The van der Waals surface area contributed by atoms with Gasteiger partial charge in [-0.05, 0) is 51.0 Å². The van der Waals surface area contributed by atoms with E-state index in [4.69, 9.17) is 4.74 Å². The first kappa shape index (κ1) is 15.3. The normalized spacial score (nSPS) is 18.6. The van der Waals surface area contributed by atoms with E-state index in [1.807, 2.05) is 0 Å². The summed E-state index contributed by atoms with van der Waals surface area (Å²) in [5.41, 5.74) is 4.12. The minimum Gasteiger partial charge on any atom is -0.360 e. The lowest BCUT2D eigenvalue weighted by molar-refractivity contribution is -0.130. The first-order valence-electron chi connectivity index (χ1n) is 7.02. The van der Waals surface area contributed by atoms with E-state index >= 15 is 0 Å². The SMILES string of the molecule is CC1(C)OC(C)(C)c2cccc(Br)c2-c2c(Br)cccc21. The summed E-state index contributed by atoms with van der Waals surface area (Å²) in [4.78, 5) is 0. The standard InChI is InChI=1S/C18H18Br2O/c1-17(2)11-7-5-9-13(19)15(11)16-12(18(3,4)21-17)8-6-10-14(16)20/h5-10H,1-4H3. The van der Waals surface area contributed by atoms with Crippen LogP contribution in [-0.4, -0.2) is 0 Å². The Morgan fingerprint density at radius 2 is 1.10 bits per heavy atom. The zero-order chi connectivity index (χ0) is 15.4. The molecule has 0 aromatic heterocycles. The Hall–Kier alpha value is -0.640. The topological polar surface area (TPSA) is 9.23 Å². The number of hydrogen-bond acceptors (Lipinski definition) is 1. The molecule has 3 rings (SSSR count). The molecule has 0 unspecified atom stereocenters. The maximum atomic E-state index is 6.51. The summed E-state index contributed by atoms with van der Waals surface area (Å²) in [7, 11) is 0. The van der Waals surface area contributed by atoms with Crippen molar-refractivity contribution in [1.29, 1.82) is 0 Å². The Kier molecular flexibility index (Phi) is 3.59. The van der Waals surface area contributed by atoms with Crippen LogP contribution in [0, 0.1) is 0 Å². The molecule has 2 aromatic rings. The van der Waals surface area contributed by atoms with E-state index in [1.54, 1.807) is 0 Å². The van der Waals surface area contributed by atoms with Crippen LogP contribution in [-0.2, 0) is 15.9 Å². The van der Waals surface area contributed by atoms with Crippen LogP contribution in [0.4, 0.5) is 0 Å². The summed E-state index contributed by atoms with van der Waals surface area (Å²) in [6, 6.07) is 12.6. The van der Waals surface area contributed by atoms with Crippen LogP contribution < -0.4 is 0 Å². The largest absolute Gasteiger partial charge is 0.360 e. The Labute approximate surface area is 143 Å². The van der Waals surface area contributed by atoms with Crippen molar-refractivity contribution in [3.63, 3.8) is 0 Å². The average molecular weight is 410 g/mol. The average Bonchev–Trinajstić information content (AvgIpc) is 2.43. The lowest BCUT2D eigenvalue weighted by Crippen LogP contribution is -2.32. The van der Waals surface area contributed by atoms with Gasteiger partial charge in [-0.3, -0.25) is 0 Å². The van der Waals surface area contributed by atoms with Crippen molar-refractivity contribution in [3.8, 4) is 11.1 Å². The first-order chi connectivity index (χ1) is 9.74. The third-order valence-corrected chi connectivity index (χ3v) is 5.41. The fourth-order valence-corrected chi connectivity index (χ4v) is 4.44. The van der Waals surface area contributed by atoms with Gasteiger partial charge in [-0.1, -0.05) is 56.1 Å². The van der Waals surface area contributed by atoms with Crippen LogP contribution in [0.1, 0.15) is 38.8 Å². The highest BCUT2D eigenvalue weighted by Crippen LogP contribution is 2.51. The molecule has 0 bridgehead atoms. The van der Waals surface area contributed by atoms with Gasteiger partial charge in [0.15, 0.2) is 0 Å². The van der Waals surface area contributed by atoms with E-state index in [2.05, 4.69) is 96.0 Å². The van der Waals surface area contributed by atoms with Crippen molar-refractivity contribution in [3.05, 3.63) is 56.5 Å². The van der Waals surface area contributed by atoms with E-state index in [9.17, 15) is 0 Å². The maximum absolute atomic E-state index is 6.51. The molecule has 0 N–H and O–H groups in total. The third-order valence-electron chi connectivity index (χ3n) is 4.08. The van der Waals surface area contributed by atoms with Gasteiger partial charge in [-0.15, -0.1) is 0 Å². The summed E-state index contributed by atoms with van der Waals surface area (Å²) >= 11 is 7.47. The van der Waals surface area contributed by atoms with Crippen molar-refractivity contribution in [2.45, 2.75) is 38.9 Å². The molecule has 0 spiro atoms. The number of benzene rings is 2. The van der Waals surface area contributed by atoms with E-state index < -0.39 is 0 Å². The number of rotatable bonds is 0. The molecule has 0 amide bonds. The second-order valence-electron chi connectivity index (χ2n) is 6.45. The first-order valence-corrected chi connectivity index (χ1v) is 8.61. The van der Waals surface area contributed by atoms with Gasteiger partial charge in [0.25, 0.3) is 0 Å². The molecule has 2 aromatic carbocycles. The Balaban J connectivity index is 2.49. The van der Waals surface area contributed by atoms with E-state index in [-0.39, 0.29) is 11.2 Å². The van der Waals surface area contributed by atoms with Crippen LogP contribution >= 0.6 is 31.9 Å². The van der Waals surface area contributed by atoms with Crippen molar-refractivity contribution in [2.24, 2.45) is 0 Å². The van der Waals surface area contributed by atoms with E-state index in [0.717, 1.165) is 8.95 Å². The Morgan fingerprint density at radius 1 is 0.714 bits per heavy atom. The zero-order valence-electron chi connectivity index (χ0n) is 12.6. The molecule has 3 heteroatoms. The summed E-state index contributed by atoms with van der Waals surface area (Å²) in [5.74, 6) is 0. The maximum Gasteiger partial charge on any atom is 0.0893 e. The van der Waals surface area contributed by atoms with E-state index in [1.165, 1.54) is 22.3 Å².